The summed E-state index contributed by atoms with van der Waals surface area (Å²) in [5.41, 5.74) is 1.59. The average molecular weight is 378 g/mol. The van der Waals surface area contributed by atoms with Crippen LogP contribution in [0.25, 0.3) is 20.8 Å². The third-order valence-corrected chi connectivity index (χ3v) is 4.78. The molecule has 9 heteroatoms. The van der Waals surface area contributed by atoms with Gasteiger partial charge in [0.05, 0.1) is 22.4 Å². The highest BCUT2D eigenvalue weighted by atomic mass is 32.1. The van der Waals surface area contributed by atoms with Crippen molar-refractivity contribution < 1.29 is 23.6 Å². The van der Waals surface area contributed by atoms with Crippen molar-refractivity contribution in [3.63, 3.8) is 0 Å². The van der Waals surface area contributed by atoms with Gasteiger partial charge in [-0.1, -0.05) is 12.1 Å². The van der Waals surface area contributed by atoms with Crippen molar-refractivity contribution in [2.45, 2.75) is 6.92 Å². The molecule has 3 N–H and O–H groups in total. The third kappa shape index (κ3) is 4.05. The number of para-hydroxylation sites is 1. The van der Waals surface area contributed by atoms with Crippen LogP contribution in [-0.4, -0.2) is 27.3 Å². The number of nitrogens with one attached hydrogen (secondary N) is 1. The first-order valence-corrected chi connectivity index (χ1v) is 9.69. The summed E-state index contributed by atoms with van der Waals surface area (Å²) in [5.74, 6) is -0.150. The van der Waals surface area contributed by atoms with Crippen LogP contribution in [0.3, 0.4) is 0 Å². The summed E-state index contributed by atoms with van der Waals surface area (Å²) in [6.07, 6.45) is 0. The molecule has 0 radical (unpaired) electrons. The molecule has 0 amide bonds. The van der Waals surface area contributed by atoms with Crippen LogP contribution >= 0.6 is 19.2 Å². The molecule has 130 valence electrons. The van der Waals surface area contributed by atoms with Crippen LogP contribution in [-0.2, 0) is 9.30 Å². The van der Waals surface area contributed by atoms with Gasteiger partial charge in [-0.15, -0.1) is 11.3 Å². The van der Waals surface area contributed by atoms with Crippen molar-refractivity contribution in [1.82, 2.24) is 4.98 Å². The Morgan fingerprint density at radius 3 is 2.72 bits per heavy atom. The van der Waals surface area contributed by atoms with E-state index >= 15 is 0 Å². The van der Waals surface area contributed by atoms with Crippen LogP contribution in [0.4, 0.5) is 0 Å². The molecule has 1 heterocycles. The molecule has 0 unspecified atom stereocenters. The van der Waals surface area contributed by atoms with Crippen molar-refractivity contribution in [3.8, 4) is 16.3 Å². The van der Waals surface area contributed by atoms with Gasteiger partial charge in [0.1, 0.15) is 10.8 Å². The summed E-state index contributed by atoms with van der Waals surface area (Å²) in [6.45, 7) is 2.06. The first-order chi connectivity index (χ1) is 11.9. The molecule has 0 aliphatic carbocycles. The van der Waals surface area contributed by atoms with Crippen molar-refractivity contribution in [2.24, 2.45) is 0 Å². The maximum Gasteiger partial charge on any atom is 0.524 e. The molecule has 0 aliphatic heterocycles. The van der Waals surface area contributed by atoms with Gasteiger partial charge >= 0.3 is 7.82 Å². The van der Waals surface area contributed by atoms with Crippen LogP contribution in [0.1, 0.15) is 12.5 Å². The molecule has 0 atom stereocenters. The van der Waals surface area contributed by atoms with E-state index in [1.165, 1.54) is 17.4 Å². The van der Waals surface area contributed by atoms with E-state index in [2.05, 4.69) is 4.98 Å². The Hall–Kier alpha value is -2.25. The first kappa shape index (κ1) is 17.6. The molecule has 1 aromatic heterocycles. The SMILES string of the molecule is CCOC(=N)c1ccc(-c2nc3ccccc3s2)c(OP(=O)(O)O)c1. The minimum Gasteiger partial charge on any atom is -0.478 e. The van der Waals surface area contributed by atoms with Gasteiger partial charge in [0.25, 0.3) is 0 Å². The second-order valence-electron chi connectivity index (χ2n) is 5.04. The van der Waals surface area contributed by atoms with Gasteiger partial charge in [-0.2, -0.15) is 0 Å². The predicted molar refractivity (Wildman–Crippen MR) is 96.2 cm³/mol. The Balaban J connectivity index is 2.10. The van der Waals surface area contributed by atoms with Gasteiger partial charge in [-0.05, 0) is 37.3 Å². The van der Waals surface area contributed by atoms with E-state index in [0.29, 0.717) is 22.7 Å². The summed E-state index contributed by atoms with van der Waals surface area (Å²) in [4.78, 5) is 22.9. The minimum atomic E-state index is -4.77. The Labute approximate surface area is 147 Å². The number of fused-ring (bicyclic) bond motifs is 1. The van der Waals surface area contributed by atoms with E-state index in [-0.39, 0.29) is 11.6 Å². The number of hydrogen-bond donors (Lipinski definition) is 3. The van der Waals surface area contributed by atoms with E-state index in [9.17, 15) is 14.4 Å². The number of hydrogen-bond acceptors (Lipinski definition) is 6. The monoisotopic (exact) mass is 378 g/mol. The lowest BCUT2D eigenvalue weighted by Crippen LogP contribution is -2.05. The molecule has 0 bridgehead atoms. The number of phosphoric ester groups is 1. The number of nitrogens with zero attached hydrogens (tertiary/aromatic N) is 1. The first-order valence-electron chi connectivity index (χ1n) is 7.34. The summed E-state index contributed by atoms with van der Waals surface area (Å²) in [7, 11) is -4.77. The molecule has 0 spiro atoms. The zero-order chi connectivity index (χ0) is 18.0. The van der Waals surface area contributed by atoms with Gasteiger partial charge < -0.3 is 9.26 Å². The smallest absolute Gasteiger partial charge is 0.478 e. The molecule has 25 heavy (non-hydrogen) atoms. The highest BCUT2D eigenvalue weighted by Gasteiger charge is 2.22. The van der Waals surface area contributed by atoms with Gasteiger partial charge in [0.2, 0.25) is 5.90 Å². The average Bonchev–Trinajstić information content (AvgIpc) is 2.97. The molecule has 2 aromatic carbocycles. The van der Waals surface area contributed by atoms with Crippen molar-refractivity contribution in [1.29, 1.82) is 5.41 Å². The fourth-order valence-electron chi connectivity index (χ4n) is 2.26. The number of phosphoric acid groups is 1. The number of rotatable bonds is 5. The predicted octanol–water partition coefficient (Wildman–Crippen LogP) is 3.80. The number of aromatic nitrogens is 1. The fraction of sp³-hybridized carbons (Fsp3) is 0.125. The maximum atomic E-state index is 11.3. The Bertz CT molecular complexity index is 949. The van der Waals surface area contributed by atoms with Crippen LogP contribution in [0.15, 0.2) is 42.5 Å². The van der Waals surface area contributed by atoms with E-state index in [1.807, 2.05) is 24.3 Å². The molecular formula is C16H15N2O5PS. The quantitative estimate of drug-likeness (QED) is 0.354. The number of thiazole rings is 1. The maximum absolute atomic E-state index is 11.3. The lowest BCUT2D eigenvalue weighted by Gasteiger charge is -2.13. The molecule has 0 saturated carbocycles. The molecule has 0 fully saturated rings. The van der Waals surface area contributed by atoms with Crippen molar-refractivity contribution >= 4 is 35.3 Å². The van der Waals surface area contributed by atoms with Crippen LogP contribution in [0, 0.1) is 5.41 Å². The Morgan fingerprint density at radius 2 is 2.04 bits per heavy atom. The van der Waals surface area contributed by atoms with Crippen molar-refractivity contribution in [2.75, 3.05) is 6.61 Å². The number of ether oxygens (including phenoxy) is 1. The van der Waals surface area contributed by atoms with E-state index < -0.39 is 7.82 Å². The molecule has 3 aromatic rings. The lowest BCUT2D eigenvalue weighted by molar-refractivity contribution is 0.283. The van der Waals surface area contributed by atoms with Crippen molar-refractivity contribution in [3.05, 3.63) is 48.0 Å². The standard InChI is InChI=1S/C16H15N2O5PS/c1-2-22-15(17)10-7-8-11(13(9-10)23-24(19,20)21)16-18-12-5-3-4-6-14(12)25-16/h3-9,17H,2H2,1H3,(H2,19,20,21). The third-order valence-electron chi connectivity index (χ3n) is 3.27. The highest BCUT2D eigenvalue weighted by molar-refractivity contribution is 7.46. The summed E-state index contributed by atoms with van der Waals surface area (Å²) in [5, 5.41) is 8.40. The Kier molecular flexibility index (Phi) is 4.87. The van der Waals surface area contributed by atoms with Gasteiger partial charge in [0.15, 0.2) is 0 Å². The summed E-state index contributed by atoms with van der Waals surface area (Å²) >= 11 is 1.39. The lowest BCUT2D eigenvalue weighted by atomic mass is 10.1. The second-order valence-corrected chi connectivity index (χ2v) is 7.24. The Morgan fingerprint density at radius 1 is 1.28 bits per heavy atom. The minimum absolute atomic E-state index is 0.0469. The molecular weight excluding hydrogens is 363 g/mol. The molecule has 0 saturated heterocycles. The fourth-order valence-corrected chi connectivity index (χ4v) is 3.66. The zero-order valence-corrected chi connectivity index (χ0v) is 14.9. The summed E-state index contributed by atoms with van der Waals surface area (Å²) in [6, 6.07) is 12.2. The molecule has 3 rings (SSSR count). The summed E-state index contributed by atoms with van der Waals surface area (Å²) < 4.78 is 22.2. The highest BCUT2D eigenvalue weighted by Crippen LogP contribution is 2.44. The van der Waals surface area contributed by atoms with Crippen LogP contribution in [0.2, 0.25) is 0 Å². The van der Waals surface area contributed by atoms with E-state index in [1.54, 1.807) is 19.1 Å². The topological polar surface area (TPSA) is 113 Å². The van der Waals surface area contributed by atoms with Gasteiger partial charge in [-0.3, -0.25) is 15.2 Å². The normalized spacial score (nSPS) is 11.5. The zero-order valence-electron chi connectivity index (χ0n) is 13.2. The number of benzene rings is 2. The molecule has 7 nitrogen and oxygen atoms in total. The largest absolute Gasteiger partial charge is 0.524 e. The van der Waals surface area contributed by atoms with Gasteiger partial charge in [0, 0.05) is 5.56 Å². The van der Waals surface area contributed by atoms with E-state index in [4.69, 9.17) is 14.7 Å². The van der Waals surface area contributed by atoms with Crippen LogP contribution < -0.4 is 4.52 Å². The second kappa shape index (κ2) is 6.93. The van der Waals surface area contributed by atoms with Crippen LogP contribution in [0.5, 0.6) is 5.75 Å². The molecule has 0 aliphatic rings. The van der Waals surface area contributed by atoms with Gasteiger partial charge in [-0.25, -0.2) is 9.55 Å². The van der Waals surface area contributed by atoms with E-state index in [0.717, 1.165) is 10.2 Å².